The van der Waals surface area contributed by atoms with E-state index in [9.17, 15) is 0 Å². The molecule has 0 aromatic heterocycles. The van der Waals surface area contributed by atoms with E-state index in [1.807, 2.05) is 7.11 Å². The molecule has 1 aromatic carbocycles. The van der Waals surface area contributed by atoms with Crippen LogP contribution in [0, 0.1) is 17.3 Å². The van der Waals surface area contributed by atoms with Crippen molar-refractivity contribution in [3.05, 3.63) is 29.3 Å². The minimum Gasteiger partial charge on any atom is -0.491 e. The molecular formula is C22H32O2. The fraction of sp³-hybridized carbons (Fsp3) is 0.727. The zero-order valence-corrected chi connectivity index (χ0v) is 15.7. The van der Waals surface area contributed by atoms with Gasteiger partial charge >= 0.3 is 0 Å². The van der Waals surface area contributed by atoms with Gasteiger partial charge in [0, 0.05) is 7.11 Å². The largest absolute Gasteiger partial charge is 0.491 e. The Labute approximate surface area is 146 Å². The molecule has 0 saturated heterocycles. The number of methoxy groups -OCH3 is 1. The summed E-state index contributed by atoms with van der Waals surface area (Å²) < 4.78 is 11.8. The zero-order chi connectivity index (χ0) is 16.9. The molecule has 0 N–H and O–H groups in total. The number of hydrogen-bond acceptors (Lipinski definition) is 2. The Morgan fingerprint density at radius 3 is 2.71 bits per heavy atom. The van der Waals surface area contributed by atoms with Gasteiger partial charge in [-0.15, -0.1) is 0 Å². The Morgan fingerprint density at radius 1 is 1.12 bits per heavy atom. The van der Waals surface area contributed by atoms with E-state index in [1.54, 1.807) is 11.1 Å². The molecule has 4 rings (SSSR count). The molecule has 0 bridgehead atoms. The smallest absolute Gasteiger partial charge is 0.119 e. The summed E-state index contributed by atoms with van der Waals surface area (Å²) >= 11 is 0. The van der Waals surface area contributed by atoms with Crippen LogP contribution in [0.2, 0.25) is 0 Å². The molecule has 24 heavy (non-hydrogen) atoms. The maximum Gasteiger partial charge on any atom is 0.119 e. The lowest BCUT2D eigenvalue weighted by Gasteiger charge is -2.50. The molecule has 2 heteroatoms. The van der Waals surface area contributed by atoms with Gasteiger partial charge in [-0.3, -0.25) is 0 Å². The van der Waals surface area contributed by atoms with E-state index in [0.29, 0.717) is 11.5 Å². The van der Waals surface area contributed by atoms with Crippen molar-refractivity contribution >= 4 is 0 Å². The maximum absolute atomic E-state index is 5.91. The van der Waals surface area contributed by atoms with Gasteiger partial charge in [-0.1, -0.05) is 13.0 Å². The highest BCUT2D eigenvalue weighted by Crippen LogP contribution is 2.61. The predicted molar refractivity (Wildman–Crippen MR) is 97.6 cm³/mol. The first-order valence-electron chi connectivity index (χ1n) is 9.85. The normalized spacial score (nSPS) is 37.7. The molecule has 132 valence electrons. The van der Waals surface area contributed by atoms with E-state index in [4.69, 9.17) is 9.47 Å². The molecule has 5 atom stereocenters. The lowest BCUT2D eigenvalue weighted by atomic mass is 9.55. The molecule has 0 unspecified atom stereocenters. The summed E-state index contributed by atoms with van der Waals surface area (Å²) in [7, 11) is 1.91. The monoisotopic (exact) mass is 328 g/mol. The van der Waals surface area contributed by atoms with E-state index in [-0.39, 0.29) is 6.10 Å². The average Bonchev–Trinajstić information content (AvgIpc) is 2.90. The number of ether oxygens (including phenoxy) is 2. The van der Waals surface area contributed by atoms with Crippen LogP contribution in [0.25, 0.3) is 0 Å². The quantitative estimate of drug-likeness (QED) is 0.745. The number of benzene rings is 1. The van der Waals surface area contributed by atoms with Crippen LogP contribution in [0.1, 0.15) is 69.9 Å². The molecule has 1 aromatic rings. The zero-order valence-electron chi connectivity index (χ0n) is 15.7. The van der Waals surface area contributed by atoms with Crippen molar-refractivity contribution in [2.45, 2.75) is 77.4 Å². The van der Waals surface area contributed by atoms with Crippen LogP contribution in [0.4, 0.5) is 0 Å². The highest BCUT2D eigenvalue weighted by molar-refractivity contribution is 5.40. The minimum absolute atomic E-state index is 0.249. The van der Waals surface area contributed by atoms with Gasteiger partial charge in [-0.2, -0.15) is 0 Å². The SMILES string of the molecule is CO[C@H]1CC[C@H]2[C@@H]3CCc4cc(OC(C)C)ccc4[C@H]3CC[C@]12C. The first-order chi connectivity index (χ1) is 11.5. The lowest BCUT2D eigenvalue weighted by molar-refractivity contribution is -0.0444. The molecule has 0 radical (unpaired) electrons. The second kappa shape index (κ2) is 6.05. The number of rotatable bonds is 3. The first-order valence-corrected chi connectivity index (χ1v) is 9.85. The molecule has 0 aliphatic heterocycles. The molecule has 0 spiro atoms. The van der Waals surface area contributed by atoms with Gasteiger partial charge in [0.05, 0.1) is 12.2 Å². The fourth-order valence-electron chi connectivity index (χ4n) is 6.24. The number of fused-ring (bicyclic) bond motifs is 5. The molecule has 3 aliphatic rings. The van der Waals surface area contributed by atoms with Crippen LogP contribution in [0.15, 0.2) is 18.2 Å². The third-order valence-corrected chi connectivity index (χ3v) is 7.27. The predicted octanol–water partition coefficient (Wildman–Crippen LogP) is 5.34. The van der Waals surface area contributed by atoms with Crippen LogP contribution in [-0.2, 0) is 11.2 Å². The Morgan fingerprint density at radius 2 is 1.96 bits per heavy atom. The minimum atomic E-state index is 0.249. The number of hydrogen-bond donors (Lipinski definition) is 0. The van der Waals surface area contributed by atoms with Gasteiger partial charge in [0.1, 0.15) is 5.75 Å². The average molecular weight is 328 g/mol. The summed E-state index contributed by atoms with van der Waals surface area (Å²) in [5, 5.41) is 0. The highest BCUT2D eigenvalue weighted by Gasteiger charge is 2.54. The van der Waals surface area contributed by atoms with Crippen LogP contribution >= 0.6 is 0 Å². The van der Waals surface area contributed by atoms with E-state index >= 15 is 0 Å². The van der Waals surface area contributed by atoms with Crippen molar-refractivity contribution < 1.29 is 9.47 Å². The van der Waals surface area contributed by atoms with E-state index < -0.39 is 0 Å². The molecule has 2 saturated carbocycles. The van der Waals surface area contributed by atoms with Gasteiger partial charge in [-0.05, 0) is 98.8 Å². The van der Waals surface area contributed by atoms with Crippen LogP contribution < -0.4 is 4.74 Å². The summed E-state index contributed by atoms with van der Waals surface area (Å²) in [4.78, 5) is 0. The van der Waals surface area contributed by atoms with Crippen molar-refractivity contribution in [2.24, 2.45) is 17.3 Å². The Balaban J connectivity index is 1.61. The van der Waals surface area contributed by atoms with Gasteiger partial charge < -0.3 is 9.47 Å². The third-order valence-electron chi connectivity index (χ3n) is 7.27. The van der Waals surface area contributed by atoms with Gasteiger partial charge in [0.25, 0.3) is 0 Å². The summed E-state index contributed by atoms with van der Waals surface area (Å²) in [6.07, 6.45) is 8.56. The Kier molecular flexibility index (Phi) is 4.15. The van der Waals surface area contributed by atoms with E-state index in [2.05, 4.69) is 39.0 Å². The summed E-state index contributed by atoms with van der Waals surface area (Å²) in [6, 6.07) is 6.88. The maximum atomic E-state index is 5.91. The summed E-state index contributed by atoms with van der Waals surface area (Å²) in [5.74, 6) is 3.51. The van der Waals surface area contributed by atoms with Gasteiger partial charge in [0.2, 0.25) is 0 Å². The molecule has 0 heterocycles. The molecule has 0 amide bonds. The Hall–Kier alpha value is -1.02. The van der Waals surface area contributed by atoms with E-state index in [0.717, 1.165) is 23.5 Å². The first kappa shape index (κ1) is 16.4. The molecular weight excluding hydrogens is 296 g/mol. The summed E-state index contributed by atoms with van der Waals surface area (Å²) in [6.45, 7) is 6.71. The van der Waals surface area contributed by atoms with Gasteiger partial charge in [-0.25, -0.2) is 0 Å². The fourth-order valence-corrected chi connectivity index (χ4v) is 6.24. The van der Waals surface area contributed by atoms with Crippen molar-refractivity contribution in [1.82, 2.24) is 0 Å². The highest BCUT2D eigenvalue weighted by atomic mass is 16.5. The van der Waals surface area contributed by atoms with Crippen LogP contribution in [-0.4, -0.2) is 19.3 Å². The molecule has 3 aliphatic carbocycles. The topological polar surface area (TPSA) is 18.5 Å². The molecule has 2 fully saturated rings. The third kappa shape index (κ3) is 2.49. The van der Waals surface area contributed by atoms with Crippen molar-refractivity contribution in [3.8, 4) is 5.75 Å². The summed E-state index contributed by atoms with van der Waals surface area (Å²) in [5.41, 5.74) is 3.57. The van der Waals surface area contributed by atoms with Gasteiger partial charge in [0.15, 0.2) is 0 Å². The second-order valence-corrected chi connectivity index (χ2v) is 8.79. The van der Waals surface area contributed by atoms with Crippen LogP contribution in [0.3, 0.4) is 0 Å². The molecule has 2 nitrogen and oxygen atoms in total. The van der Waals surface area contributed by atoms with Crippen molar-refractivity contribution in [3.63, 3.8) is 0 Å². The van der Waals surface area contributed by atoms with E-state index in [1.165, 1.54) is 38.5 Å². The van der Waals surface area contributed by atoms with Crippen molar-refractivity contribution in [2.75, 3.05) is 7.11 Å². The standard InChI is InChI=1S/C22H32O2/c1-14(2)24-16-6-8-17-15(13-16)5-7-19-18(17)11-12-22(3)20(19)9-10-21(22)23-4/h6,8,13-14,18-21H,5,7,9-12H2,1-4H3/t18-,19-,20+,21+,22+/m1/s1. The second-order valence-electron chi connectivity index (χ2n) is 8.79. The Bertz CT molecular complexity index is 608. The van der Waals surface area contributed by atoms with Crippen molar-refractivity contribution in [1.29, 1.82) is 0 Å². The van der Waals surface area contributed by atoms with Crippen LogP contribution in [0.5, 0.6) is 5.75 Å². The lowest BCUT2D eigenvalue weighted by Crippen LogP contribution is -2.44. The number of aryl methyl sites for hydroxylation is 1.